The van der Waals surface area contributed by atoms with E-state index in [1.165, 1.54) is 28.6 Å². The van der Waals surface area contributed by atoms with Gasteiger partial charge in [-0.3, -0.25) is 9.52 Å². The first kappa shape index (κ1) is 23.7. The Balaban J connectivity index is 1.56. The zero-order chi connectivity index (χ0) is 23.4. The molecule has 3 aromatic rings. The van der Waals surface area contributed by atoms with E-state index in [9.17, 15) is 21.6 Å². The lowest BCUT2D eigenvalue weighted by Gasteiger charge is -2.18. The number of pyridine rings is 1. The van der Waals surface area contributed by atoms with Crippen molar-refractivity contribution in [3.05, 3.63) is 60.4 Å². The number of benzene rings is 1. The summed E-state index contributed by atoms with van der Waals surface area (Å²) in [7, 11) is -7.30. The van der Waals surface area contributed by atoms with Gasteiger partial charge in [0.25, 0.3) is 5.91 Å². The van der Waals surface area contributed by atoms with Crippen LogP contribution in [0.4, 0.5) is 5.69 Å². The summed E-state index contributed by atoms with van der Waals surface area (Å²) in [5, 5.41) is 6.58. The molecule has 2 heterocycles. The minimum absolute atomic E-state index is 0.0969. The van der Waals surface area contributed by atoms with Crippen molar-refractivity contribution in [1.82, 2.24) is 19.2 Å². The molecule has 0 saturated carbocycles. The lowest BCUT2D eigenvalue weighted by molar-refractivity contribution is 0.0956. The summed E-state index contributed by atoms with van der Waals surface area (Å²) >= 11 is 0. The van der Waals surface area contributed by atoms with Gasteiger partial charge in [0.1, 0.15) is 0 Å². The Hall–Kier alpha value is -2.96. The molecule has 32 heavy (non-hydrogen) atoms. The molecule has 2 N–H and O–H groups in total. The largest absolute Gasteiger partial charge is 0.351 e. The van der Waals surface area contributed by atoms with E-state index in [0.717, 1.165) is 5.52 Å². The van der Waals surface area contributed by atoms with Crippen LogP contribution in [0.1, 0.15) is 24.2 Å². The topological polar surface area (TPSA) is 130 Å². The normalized spacial score (nSPS) is 12.2. The van der Waals surface area contributed by atoms with Gasteiger partial charge in [0.05, 0.1) is 21.9 Å². The second kappa shape index (κ2) is 9.67. The summed E-state index contributed by atoms with van der Waals surface area (Å²) in [6.07, 6.45) is 3.24. The maximum atomic E-state index is 12.5. The van der Waals surface area contributed by atoms with Gasteiger partial charge < -0.3 is 5.32 Å². The lowest BCUT2D eigenvalue weighted by Crippen LogP contribution is -2.32. The van der Waals surface area contributed by atoms with Gasteiger partial charge in [-0.25, -0.2) is 21.4 Å². The van der Waals surface area contributed by atoms with Crippen molar-refractivity contribution in [3.63, 3.8) is 0 Å². The van der Waals surface area contributed by atoms with E-state index in [-0.39, 0.29) is 22.8 Å². The number of sulfonamides is 2. The van der Waals surface area contributed by atoms with Crippen molar-refractivity contribution in [2.24, 2.45) is 0 Å². The van der Waals surface area contributed by atoms with Crippen LogP contribution < -0.4 is 10.0 Å². The number of carbonyl (C=O) groups is 1. The number of nitrogens with one attached hydrogen (secondary N) is 2. The maximum absolute atomic E-state index is 12.5. The van der Waals surface area contributed by atoms with Gasteiger partial charge in [0.2, 0.25) is 20.0 Å². The van der Waals surface area contributed by atoms with Gasteiger partial charge in [0.15, 0.2) is 0 Å². The molecule has 0 spiro atoms. The molecule has 172 valence electrons. The molecular formula is C20H25N5O5S2. The van der Waals surface area contributed by atoms with E-state index in [2.05, 4.69) is 15.1 Å². The van der Waals surface area contributed by atoms with Gasteiger partial charge in [-0.05, 0) is 42.5 Å². The third kappa shape index (κ3) is 5.44. The summed E-state index contributed by atoms with van der Waals surface area (Å²) in [5.41, 5.74) is 1.37. The molecule has 0 aliphatic carbocycles. The highest BCUT2D eigenvalue weighted by molar-refractivity contribution is 7.92. The van der Waals surface area contributed by atoms with Gasteiger partial charge in [-0.2, -0.15) is 9.40 Å². The van der Waals surface area contributed by atoms with Gasteiger partial charge in [-0.15, -0.1) is 0 Å². The fourth-order valence-electron chi connectivity index (χ4n) is 3.11. The Morgan fingerprint density at radius 2 is 1.72 bits per heavy atom. The number of nitrogens with zero attached hydrogens (tertiary/aromatic N) is 3. The third-order valence-corrected chi connectivity index (χ3v) is 8.14. The number of aromatic nitrogens is 2. The maximum Gasteiger partial charge on any atom is 0.251 e. The average molecular weight is 480 g/mol. The minimum atomic E-state index is -3.68. The average Bonchev–Trinajstić information content (AvgIpc) is 3.22. The van der Waals surface area contributed by atoms with E-state index in [1.54, 1.807) is 49.0 Å². The highest BCUT2D eigenvalue weighted by Crippen LogP contribution is 2.16. The SMILES string of the molecule is CCN(CC)S(=O)(=O)c1ccc(C(=O)NCCS(=O)(=O)Nc2ccn3nccc3c2)cc1. The Morgan fingerprint density at radius 1 is 1.03 bits per heavy atom. The first-order valence-electron chi connectivity index (χ1n) is 9.98. The zero-order valence-electron chi connectivity index (χ0n) is 17.7. The van der Waals surface area contributed by atoms with E-state index in [0.29, 0.717) is 18.8 Å². The number of amides is 1. The molecule has 0 saturated heterocycles. The molecule has 0 aliphatic heterocycles. The van der Waals surface area contributed by atoms with Crippen LogP contribution in [0.2, 0.25) is 0 Å². The van der Waals surface area contributed by atoms with Crippen molar-refractivity contribution in [2.75, 3.05) is 30.1 Å². The Kier molecular flexibility index (Phi) is 7.16. The highest BCUT2D eigenvalue weighted by atomic mass is 32.2. The van der Waals surface area contributed by atoms with Crippen LogP contribution in [-0.2, 0) is 20.0 Å². The van der Waals surface area contributed by atoms with Crippen molar-refractivity contribution in [2.45, 2.75) is 18.7 Å². The molecule has 0 atom stereocenters. The Bertz CT molecular complexity index is 1300. The first-order valence-corrected chi connectivity index (χ1v) is 13.1. The van der Waals surface area contributed by atoms with Gasteiger partial charge in [0, 0.05) is 37.6 Å². The molecule has 1 aromatic carbocycles. The standard InChI is InChI=1S/C20H25N5O5S2/c1-3-24(4-2)32(29,30)19-7-5-16(6-8-19)20(26)21-12-14-31(27,28)23-17-10-13-25-18(15-17)9-11-22-25/h5-11,13,15,23H,3-4,12,14H2,1-2H3,(H,21,26). The van der Waals surface area contributed by atoms with Crippen LogP contribution in [0, 0.1) is 0 Å². The van der Waals surface area contributed by atoms with Crippen molar-refractivity contribution < 1.29 is 21.6 Å². The van der Waals surface area contributed by atoms with Crippen molar-refractivity contribution >= 4 is 37.2 Å². The van der Waals surface area contributed by atoms with E-state index in [4.69, 9.17) is 0 Å². The molecule has 3 rings (SSSR count). The van der Waals surface area contributed by atoms with Crippen molar-refractivity contribution in [3.8, 4) is 0 Å². The van der Waals surface area contributed by atoms with Crippen LogP contribution in [-0.4, -0.2) is 62.0 Å². The van der Waals surface area contributed by atoms with E-state index < -0.39 is 26.0 Å². The molecular weight excluding hydrogens is 454 g/mol. The summed E-state index contributed by atoms with van der Waals surface area (Å²) in [6, 6.07) is 10.5. The molecule has 2 aromatic heterocycles. The number of carbonyl (C=O) groups excluding carboxylic acids is 1. The molecule has 0 aliphatic rings. The van der Waals surface area contributed by atoms with E-state index >= 15 is 0 Å². The number of hydrogen-bond acceptors (Lipinski definition) is 6. The second-order valence-corrected chi connectivity index (χ2v) is 10.7. The third-order valence-electron chi connectivity index (χ3n) is 4.79. The second-order valence-electron chi connectivity index (χ2n) is 6.91. The first-order chi connectivity index (χ1) is 15.2. The number of anilines is 1. The summed E-state index contributed by atoms with van der Waals surface area (Å²) in [5.74, 6) is -0.815. The monoisotopic (exact) mass is 479 g/mol. The van der Waals surface area contributed by atoms with Crippen LogP contribution >= 0.6 is 0 Å². The van der Waals surface area contributed by atoms with Crippen LogP contribution in [0.25, 0.3) is 5.52 Å². The Labute approximate surface area is 187 Å². The van der Waals surface area contributed by atoms with Crippen LogP contribution in [0.3, 0.4) is 0 Å². The molecule has 12 heteroatoms. The predicted octanol–water partition coefficient (Wildman–Crippen LogP) is 1.54. The van der Waals surface area contributed by atoms with Gasteiger partial charge >= 0.3 is 0 Å². The minimum Gasteiger partial charge on any atom is -0.351 e. The van der Waals surface area contributed by atoms with E-state index in [1.807, 2.05) is 0 Å². The molecule has 10 nitrogen and oxygen atoms in total. The fraction of sp³-hybridized carbons (Fsp3) is 0.300. The smallest absolute Gasteiger partial charge is 0.251 e. The number of fused-ring (bicyclic) bond motifs is 1. The quantitative estimate of drug-likeness (QED) is 0.454. The molecule has 0 unspecified atom stereocenters. The predicted molar refractivity (Wildman–Crippen MR) is 121 cm³/mol. The zero-order valence-corrected chi connectivity index (χ0v) is 19.4. The lowest BCUT2D eigenvalue weighted by atomic mass is 10.2. The summed E-state index contributed by atoms with van der Waals surface area (Å²) < 4.78 is 55.0. The van der Waals surface area contributed by atoms with Crippen molar-refractivity contribution in [1.29, 1.82) is 0 Å². The number of hydrogen-bond donors (Lipinski definition) is 2. The summed E-state index contributed by atoms with van der Waals surface area (Å²) in [4.78, 5) is 12.4. The number of rotatable bonds is 10. The molecule has 0 fully saturated rings. The highest BCUT2D eigenvalue weighted by Gasteiger charge is 2.21. The Morgan fingerprint density at radius 3 is 2.38 bits per heavy atom. The van der Waals surface area contributed by atoms with Crippen LogP contribution in [0.15, 0.2) is 59.8 Å². The molecule has 0 radical (unpaired) electrons. The molecule has 0 bridgehead atoms. The van der Waals surface area contributed by atoms with Gasteiger partial charge in [-0.1, -0.05) is 13.8 Å². The summed E-state index contributed by atoms with van der Waals surface area (Å²) in [6.45, 7) is 4.09. The fourth-order valence-corrected chi connectivity index (χ4v) is 5.52. The molecule has 1 amide bonds. The van der Waals surface area contributed by atoms with Crippen LogP contribution in [0.5, 0.6) is 0 Å².